The van der Waals surface area contributed by atoms with Gasteiger partial charge in [-0.05, 0) is 23.7 Å². The second kappa shape index (κ2) is 6.24. The quantitative estimate of drug-likeness (QED) is 0.390. The van der Waals surface area contributed by atoms with E-state index in [1.165, 1.54) is 12.1 Å². The van der Waals surface area contributed by atoms with Gasteiger partial charge in [0.1, 0.15) is 5.75 Å². The summed E-state index contributed by atoms with van der Waals surface area (Å²) in [7, 11) is -1.54. The molecule has 0 atom stereocenters. The van der Waals surface area contributed by atoms with Gasteiger partial charge in [-0.2, -0.15) is 0 Å². The third-order valence-electron chi connectivity index (χ3n) is 2.69. The Morgan fingerprint density at radius 2 is 1.74 bits per heavy atom. The van der Waals surface area contributed by atoms with Crippen LogP contribution in [0.2, 0.25) is 0 Å². The molecule has 0 aromatic heterocycles. The summed E-state index contributed by atoms with van der Waals surface area (Å²) in [5.41, 5.74) is 7.76. The number of aromatic hydroxyl groups is 1. The van der Waals surface area contributed by atoms with Crippen LogP contribution in [0.4, 0.5) is 5.69 Å². The first kappa shape index (κ1) is 13.4. The van der Waals surface area contributed by atoms with E-state index in [0.29, 0.717) is 17.6 Å². The highest BCUT2D eigenvalue weighted by Gasteiger charge is 2.12. The molecule has 0 fully saturated rings. The molecule has 0 unspecified atom stereocenters. The molecule has 6 heteroatoms. The molecule has 5 nitrogen and oxygen atoms in total. The second-order valence-electron chi connectivity index (χ2n) is 4.11. The summed E-state index contributed by atoms with van der Waals surface area (Å²) in [5.74, 6) is 0.103. The smallest absolute Gasteiger partial charge is 0.488 e. The van der Waals surface area contributed by atoms with Crippen LogP contribution in [-0.4, -0.2) is 22.3 Å². The van der Waals surface area contributed by atoms with Gasteiger partial charge in [0, 0.05) is 17.8 Å². The van der Waals surface area contributed by atoms with Gasteiger partial charge in [0.05, 0.1) is 0 Å². The van der Waals surface area contributed by atoms with E-state index in [-0.39, 0.29) is 5.75 Å². The normalized spacial score (nSPS) is 10.2. The summed E-state index contributed by atoms with van der Waals surface area (Å²) in [4.78, 5) is 0. The molecule has 0 saturated carbocycles. The molecule has 0 saturated heterocycles. The average Bonchev–Trinajstić information content (AvgIpc) is 2.42. The zero-order chi connectivity index (χ0) is 13.7. The fourth-order valence-electron chi connectivity index (χ4n) is 1.67. The van der Waals surface area contributed by atoms with Gasteiger partial charge < -0.3 is 20.6 Å². The zero-order valence-corrected chi connectivity index (χ0v) is 10.2. The van der Waals surface area contributed by atoms with Crippen molar-refractivity contribution in [1.29, 1.82) is 0 Å². The molecule has 19 heavy (non-hydrogen) atoms. The number of phenols is 1. The minimum atomic E-state index is -1.54. The molecule has 0 bridgehead atoms. The van der Waals surface area contributed by atoms with Crippen LogP contribution in [0.5, 0.6) is 5.75 Å². The first-order chi connectivity index (χ1) is 9.16. The molecule has 0 aliphatic heterocycles. The van der Waals surface area contributed by atoms with E-state index in [2.05, 4.69) is 10.9 Å². The molecule has 5 N–H and O–H groups in total. The lowest BCUT2D eigenvalue weighted by Crippen LogP contribution is -2.30. The van der Waals surface area contributed by atoms with Crippen LogP contribution in [0.1, 0.15) is 5.56 Å². The SMILES string of the molecule is OB(O)c1ccc(O)c(CNNc2ccccc2)c1. The van der Waals surface area contributed by atoms with Crippen molar-refractivity contribution in [1.82, 2.24) is 5.43 Å². The Bertz CT molecular complexity index is 535. The molecule has 2 rings (SSSR count). The summed E-state index contributed by atoms with van der Waals surface area (Å²) in [6, 6.07) is 14.0. The van der Waals surface area contributed by atoms with Crippen molar-refractivity contribution >= 4 is 18.3 Å². The van der Waals surface area contributed by atoms with E-state index in [0.717, 1.165) is 5.69 Å². The maximum Gasteiger partial charge on any atom is 0.488 e. The lowest BCUT2D eigenvalue weighted by molar-refractivity contribution is 0.425. The molecule has 2 aromatic rings. The molecule has 0 aliphatic carbocycles. The summed E-state index contributed by atoms with van der Waals surface area (Å²) in [5, 5.41) is 27.8. The minimum Gasteiger partial charge on any atom is -0.508 e. The predicted octanol–water partition coefficient (Wildman–Crippen LogP) is 0.189. The topological polar surface area (TPSA) is 84.8 Å². The van der Waals surface area contributed by atoms with E-state index < -0.39 is 7.12 Å². The Morgan fingerprint density at radius 3 is 2.42 bits per heavy atom. The van der Waals surface area contributed by atoms with Crippen molar-refractivity contribution in [3.63, 3.8) is 0 Å². The van der Waals surface area contributed by atoms with Crippen LogP contribution in [-0.2, 0) is 6.54 Å². The van der Waals surface area contributed by atoms with Crippen molar-refractivity contribution in [2.24, 2.45) is 0 Å². The first-order valence-electron chi connectivity index (χ1n) is 5.88. The molecule has 98 valence electrons. The summed E-state index contributed by atoms with van der Waals surface area (Å²) in [6.07, 6.45) is 0. The van der Waals surface area contributed by atoms with Gasteiger partial charge in [-0.15, -0.1) is 0 Å². The van der Waals surface area contributed by atoms with E-state index in [9.17, 15) is 5.11 Å². The van der Waals surface area contributed by atoms with Crippen molar-refractivity contribution in [3.8, 4) is 5.75 Å². The molecule has 0 amide bonds. The van der Waals surface area contributed by atoms with E-state index in [4.69, 9.17) is 10.0 Å². The second-order valence-corrected chi connectivity index (χ2v) is 4.11. The van der Waals surface area contributed by atoms with Crippen molar-refractivity contribution in [3.05, 3.63) is 54.1 Å². The third-order valence-corrected chi connectivity index (χ3v) is 2.69. The number of para-hydroxylation sites is 1. The van der Waals surface area contributed by atoms with Crippen molar-refractivity contribution < 1.29 is 15.2 Å². The molecule has 0 heterocycles. The summed E-state index contributed by atoms with van der Waals surface area (Å²) in [6.45, 7) is 0.348. The summed E-state index contributed by atoms with van der Waals surface area (Å²) >= 11 is 0. The Hall–Kier alpha value is -2.02. The fraction of sp³-hybridized carbons (Fsp3) is 0.0769. The van der Waals surface area contributed by atoms with Crippen LogP contribution in [0.25, 0.3) is 0 Å². The fourth-order valence-corrected chi connectivity index (χ4v) is 1.67. The van der Waals surface area contributed by atoms with Gasteiger partial charge in [0.2, 0.25) is 0 Å². The van der Waals surface area contributed by atoms with Gasteiger partial charge in [-0.25, -0.2) is 5.43 Å². The van der Waals surface area contributed by atoms with Gasteiger partial charge in [0.15, 0.2) is 0 Å². The lowest BCUT2D eigenvalue weighted by Gasteiger charge is -2.10. The molecule has 0 aliphatic rings. The van der Waals surface area contributed by atoms with Crippen molar-refractivity contribution in [2.45, 2.75) is 6.54 Å². The highest BCUT2D eigenvalue weighted by atomic mass is 16.4. The highest BCUT2D eigenvalue weighted by molar-refractivity contribution is 6.58. The minimum absolute atomic E-state index is 0.103. The largest absolute Gasteiger partial charge is 0.508 e. The average molecular weight is 258 g/mol. The van der Waals surface area contributed by atoms with Gasteiger partial charge in [-0.3, -0.25) is 0 Å². The highest BCUT2D eigenvalue weighted by Crippen LogP contribution is 2.14. The van der Waals surface area contributed by atoms with Crippen molar-refractivity contribution in [2.75, 3.05) is 5.43 Å². The monoisotopic (exact) mass is 258 g/mol. The number of nitrogens with one attached hydrogen (secondary N) is 2. The maximum absolute atomic E-state index is 9.68. The number of hydrazine groups is 1. The Kier molecular flexibility index (Phi) is 4.41. The van der Waals surface area contributed by atoms with Crippen LogP contribution >= 0.6 is 0 Å². The number of anilines is 1. The van der Waals surface area contributed by atoms with Crippen LogP contribution in [0.3, 0.4) is 0 Å². The Balaban J connectivity index is 1.97. The standard InChI is InChI=1S/C13H15BN2O3/c17-13-7-6-11(14(18)19)8-10(13)9-15-16-12-4-2-1-3-5-12/h1-8,15-19H,9H2. The zero-order valence-electron chi connectivity index (χ0n) is 10.2. The number of hydrogen-bond donors (Lipinski definition) is 5. The molecule has 0 radical (unpaired) electrons. The first-order valence-corrected chi connectivity index (χ1v) is 5.88. The Labute approximate surface area is 111 Å². The lowest BCUT2D eigenvalue weighted by atomic mass is 9.79. The molecule has 2 aromatic carbocycles. The van der Waals surface area contributed by atoms with Gasteiger partial charge in [-0.1, -0.05) is 30.3 Å². The summed E-state index contributed by atoms with van der Waals surface area (Å²) < 4.78 is 0. The van der Waals surface area contributed by atoms with Gasteiger partial charge in [0.25, 0.3) is 0 Å². The van der Waals surface area contributed by atoms with Crippen LogP contribution < -0.4 is 16.3 Å². The van der Waals surface area contributed by atoms with E-state index >= 15 is 0 Å². The third kappa shape index (κ3) is 3.72. The molecular formula is C13H15BN2O3. The molecular weight excluding hydrogens is 243 g/mol. The van der Waals surface area contributed by atoms with Crippen LogP contribution in [0.15, 0.2) is 48.5 Å². The van der Waals surface area contributed by atoms with E-state index in [1.807, 2.05) is 30.3 Å². The van der Waals surface area contributed by atoms with E-state index in [1.54, 1.807) is 6.07 Å². The number of phenolic OH excluding ortho intramolecular Hbond substituents is 1. The molecule has 0 spiro atoms. The Morgan fingerprint density at radius 1 is 1.00 bits per heavy atom. The predicted molar refractivity (Wildman–Crippen MR) is 74.8 cm³/mol. The number of benzene rings is 2. The maximum atomic E-state index is 9.68. The number of hydrogen-bond acceptors (Lipinski definition) is 5. The van der Waals surface area contributed by atoms with Gasteiger partial charge >= 0.3 is 7.12 Å². The van der Waals surface area contributed by atoms with Crippen LogP contribution in [0, 0.1) is 0 Å². The number of rotatable bonds is 5.